The lowest BCUT2D eigenvalue weighted by Gasteiger charge is -2.08. The first-order valence-corrected chi connectivity index (χ1v) is 6.05. The normalized spacial score (nSPS) is 10.3. The zero-order valence-corrected chi connectivity index (χ0v) is 10.9. The summed E-state index contributed by atoms with van der Waals surface area (Å²) in [5, 5.41) is 0. The van der Waals surface area contributed by atoms with Crippen LogP contribution in [0.2, 0.25) is 0 Å². The fraction of sp³-hybridized carbons (Fsp3) is 0.0769. The maximum Gasteiger partial charge on any atom is 0.133 e. The van der Waals surface area contributed by atoms with Gasteiger partial charge >= 0.3 is 0 Å². The molecule has 0 saturated heterocycles. The number of halogens is 3. The van der Waals surface area contributed by atoms with Crippen LogP contribution in [0.4, 0.5) is 8.78 Å². The Morgan fingerprint density at radius 3 is 2.29 bits per heavy atom. The summed E-state index contributed by atoms with van der Waals surface area (Å²) >= 11 is 2.14. The fourth-order valence-electron chi connectivity index (χ4n) is 1.42. The van der Waals surface area contributed by atoms with Crippen molar-refractivity contribution in [3.05, 3.63) is 63.2 Å². The standard InChI is InChI=1S/C13H9F2IO/c14-10-5-9(6-11(15)7-10)8-17-13-4-2-1-3-12(13)16/h1-7H,8H2. The molecule has 2 rings (SSSR count). The SMILES string of the molecule is Fc1cc(F)cc(COc2ccccc2I)c1. The predicted octanol–water partition coefficient (Wildman–Crippen LogP) is 4.15. The number of rotatable bonds is 3. The van der Waals surface area contributed by atoms with E-state index in [0.29, 0.717) is 11.3 Å². The third kappa shape index (κ3) is 3.39. The highest BCUT2D eigenvalue weighted by Crippen LogP contribution is 2.21. The van der Waals surface area contributed by atoms with Crippen LogP contribution in [0.3, 0.4) is 0 Å². The topological polar surface area (TPSA) is 9.23 Å². The molecule has 0 heterocycles. The largest absolute Gasteiger partial charge is 0.488 e. The highest BCUT2D eigenvalue weighted by Gasteiger charge is 2.03. The first-order chi connectivity index (χ1) is 8.15. The van der Waals surface area contributed by atoms with Crippen molar-refractivity contribution in [2.75, 3.05) is 0 Å². The van der Waals surface area contributed by atoms with E-state index in [9.17, 15) is 8.78 Å². The van der Waals surface area contributed by atoms with Crippen molar-refractivity contribution in [1.29, 1.82) is 0 Å². The molecule has 0 aromatic heterocycles. The van der Waals surface area contributed by atoms with Crippen molar-refractivity contribution in [2.24, 2.45) is 0 Å². The van der Waals surface area contributed by atoms with E-state index in [1.165, 1.54) is 12.1 Å². The minimum Gasteiger partial charge on any atom is -0.488 e. The van der Waals surface area contributed by atoms with Crippen LogP contribution >= 0.6 is 22.6 Å². The minimum absolute atomic E-state index is 0.148. The molecule has 0 radical (unpaired) electrons. The van der Waals surface area contributed by atoms with E-state index < -0.39 is 11.6 Å². The first kappa shape index (κ1) is 12.3. The molecule has 0 saturated carbocycles. The minimum atomic E-state index is -0.591. The Bertz CT molecular complexity index is 508. The third-order valence-corrected chi connectivity index (χ3v) is 3.04. The highest BCUT2D eigenvalue weighted by molar-refractivity contribution is 14.1. The van der Waals surface area contributed by atoms with Crippen LogP contribution in [0.1, 0.15) is 5.56 Å². The van der Waals surface area contributed by atoms with Gasteiger partial charge in [0.05, 0.1) is 3.57 Å². The first-order valence-electron chi connectivity index (χ1n) is 4.97. The van der Waals surface area contributed by atoms with E-state index in [1.54, 1.807) is 0 Å². The van der Waals surface area contributed by atoms with Crippen LogP contribution in [-0.2, 0) is 6.61 Å². The number of benzene rings is 2. The number of hydrogen-bond donors (Lipinski definition) is 0. The summed E-state index contributed by atoms with van der Waals surface area (Å²) in [5.74, 6) is -0.476. The van der Waals surface area contributed by atoms with Crippen LogP contribution in [0.15, 0.2) is 42.5 Å². The predicted molar refractivity (Wildman–Crippen MR) is 69.8 cm³/mol. The molecule has 0 fully saturated rings. The van der Waals surface area contributed by atoms with Gasteiger partial charge in [-0.05, 0) is 52.4 Å². The molecule has 0 aliphatic carbocycles. The molecule has 0 N–H and O–H groups in total. The average molecular weight is 346 g/mol. The lowest BCUT2D eigenvalue weighted by atomic mass is 10.2. The molecule has 0 unspecified atom stereocenters. The van der Waals surface area contributed by atoms with Crippen molar-refractivity contribution in [2.45, 2.75) is 6.61 Å². The fourth-order valence-corrected chi connectivity index (χ4v) is 1.96. The summed E-state index contributed by atoms with van der Waals surface area (Å²) in [5.41, 5.74) is 0.474. The number of para-hydroxylation sites is 1. The van der Waals surface area contributed by atoms with Crippen LogP contribution in [0.25, 0.3) is 0 Å². The zero-order valence-electron chi connectivity index (χ0n) is 8.79. The van der Waals surface area contributed by atoms with Gasteiger partial charge in [0, 0.05) is 6.07 Å². The quantitative estimate of drug-likeness (QED) is 0.759. The summed E-state index contributed by atoms with van der Waals surface area (Å²) in [7, 11) is 0. The molecule has 0 atom stereocenters. The molecular formula is C13H9F2IO. The molecule has 0 aliphatic rings. The number of hydrogen-bond acceptors (Lipinski definition) is 1. The molecule has 2 aromatic rings. The van der Waals surface area contributed by atoms with Gasteiger partial charge in [-0.25, -0.2) is 8.78 Å². The van der Waals surface area contributed by atoms with Crippen molar-refractivity contribution in [3.8, 4) is 5.75 Å². The van der Waals surface area contributed by atoms with Crippen molar-refractivity contribution >= 4 is 22.6 Å². The van der Waals surface area contributed by atoms with Crippen LogP contribution in [0, 0.1) is 15.2 Å². The Balaban J connectivity index is 2.10. The second kappa shape index (κ2) is 5.44. The van der Waals surface area contributed by atoms with Crippen molar-refractivity contribution in [1.82, 2.24) is 0 Å². The Morgan fingerprint density at radius 1 is 1.00 bits per heavy atom. The molecule has 1 nitrogen and oxygen atoms in total. The molecule has 0 spiro atoms. The lowest BCUT2D eigenvalue weighted by molar-refractivity contribution is 0.302. The van der Waals surface area contributed by atoms with E-state index in [0.717, 1.165) is 9.64 Å². The highest BCUT2D eigenvalue weighted by atomic mass is 127. The maximum absolute atomic E-state index is 12.9. The van der Waals surface area contributed by atoms with Gasteiger partial charge in [0.25, 0.3) is 0 Å². The monoisotopic (exact) mass is 346 g/mol. The Morgan fingerprint density at radius 2 is 1.65 bits per heavy atom. The Kier molecular flexibility index (Phi) is 3.93. The Labute approximate surface area is 112 Å². The lowest BCUT2D eigenvalue weighted by Crippen LogP contribution is -1.98. The summed E-state index contributed by atoms with van der Waals surface area (Å²) in [6.07, 6.45) is 0. The van der Waals surface area contributed by atoms with Gasteiger partial charge in [-0.15, -0.1) is 0 Å². The van der Waals surface area contributed by atoms with Crippen LogP contribution < -0.4 is 4.74 Å². The van der Waals surface area contributed by atoms with Crippen LogP contribution in [-0.4, -0.2) is 0 Å². The van der Waals surface area contributed by atoms with E-state index in [2.05, 4.69) is 22.6 Å². The molecule has 0 bridgehead atoms. The summed E-state index contributed by atoms with van der Waals surface area (Å²) in [6, 6.07) is 10.8. The summed E-state index contributed by atoms with van der Waals surface area (Å²) in [4.78, 5) is 0. The van der Waals surface area contributed by atoms with Crippen molar-refractivity contribution in [3.63, 3.8) is 0 Å². The van der Waals surface area contributed by atoms with E-state index >= 15 is 0 Å². The van der Waals surface area contributed by atoms with Crippen molar-refractivity contribution < 1.29 is 13.5 Å². The third-order valence-electron chi connectivity index (χ3n) is 2.15. The van der Waals surface area contributed by atoms with Crippen LogP contribution in [0.5, 0.6) is 5.75 Å². The molecular weight excluding hydrogens is 337 g/mol. The van der Waals surface area contributed by atoms with E-state index in [-0.39, 0.29) is 6.61 Å². The zero-order chi connectivity index (χ0) is 12.3. The van der Waals surface area contributed by atoms with Gasteiger partial charge < -0.3 is 4.74 Å². The summed E-state index contributed by atoms with van der Waals surface area (Å²) < 4.78 is 32.3. The van der Waals surface area contributed by atoms with E-state index in [1.807, 2.05) is 24.3 Å². The molecule has 4 heteroatoms. The second-order valence-electron chi connectivity index (χ2n) is 3.50. The van der Waals surface area contributed by atoms with Gasteiger partial charge in [0.15, 0.2) is 0 Å². The molecule has 2 aromatic carbocycles. The Hall–Kier alpha value is -1.17. The number of ether oxygens (including phenoxy) is 1. The smallest absolute Gasteiger partial charge is 0.133 e. The molecule has 88 valence electrons. The van der Waals surface area contributed by atoms with E-state index in [4.69, 9.17) is 4.74 Å². The molecule has 17 heavy (non-hydrogen) atoms. The van der Waals surface area contributed by atoms with Gasteiger partial charge in [-0.3, -0.25) is 0 Å². The molecule has 0 amide bonds. The summed E-state index contributed by atoms with van der Waals surface area (Å²) in [6.45, 7) is 0.148. The maximum atomic E-state index is 12.9. The van der Waals surface area contributed by atoms with Gasteiger partial charge in [0.1, 0.15) is 24.0 Å². The second-order valence-corrected chi connectivity index (χ2v) is 4.66. The van der Waals surface area contributed by atoms with Gasteiger partial charge in [-0.1, -0.05) is 12.1 Å². The van der Waals surface area contributed by atoms with Gasteiger partial charge in [0.2, 0.25) is 0 Å². The van der Waals surface area contributed by atoms with Gasteiger partial charge in [-0.2, -0.15) is 0 Å². The molecule has 0 aliphatic heterocycles. The average Bonchev–Trinajstić information content (AvgIpc) is 2.27.